The van der Waals surface area contributed by atoms with Gasteiger partial charge in [-0.05, 0) is 36.2 Å². The first-order valence-electron chi connectivity index (χ1n) is 6.76. The molecule has 0 unspecified atom stereocenters. The third-order valence-corrected chi connectivity index (χ3v) is 3.80. The van der Waals surface area contributed by atoms with Crippen molar-refractivity contribution in [2.45, 2.75) is 18.4 Å². The Hall–Kier alpha value is -2.36. The minimum Gasteiger partial charge on any atom is -0.352 e. The van der Waals surface area contributed by atoms with Crippen LogP contribution in [0.25, 0.3) is 11.0 Å². The molecule has 4 heteroatoms. The molecule has 0 aliphatic heterocycles. The number of benzene rings is 2. The Morgan fingerprint density at radius 2 is 1.90 bits per heavy atom. The molecule has 0 amide bonds. The van der Waals surface area contributed by atoms with E-state index in [4.69, 9.17) is 0 Å². The fraction of sp³-hybridized carbons (Fsp3) is 0.188. The summed E-state index contributed by atoms with van der Waals surface area (Å²) in [4.78, 5) is 7.77. The molecule has 20 heavy (non-hydrogen) atoms. The maximum absolute atomic E-state index is 12.9. The lowest BCUT2D eigenvalue weighted by molar-refractivity contribution is 0.627. The summed E-state index contributed by atoms with van der Waals surface area (Å²) in [7, 11) is 0. The van der Waals surface area contributed by atoms with Crippen LogP contribution in [0.4, 0.5) is 10.3 Å². The van der Waals surface area contributed by atoms with Gasteiger partial charge in [-0.1, -0.05) is 24.3 Å². The molecule has 0 bridgehead atoms. The molecule has 2 atom stereocenters. The zero-order chi connectivity index (χ0) is 13.5. The van der Waals surface area contributed by atoms with Crippen molar-refractivity contribution < 1.29 is 4.39 Å². The van der Waals surface area contributed by atoms with Crippen LogP contribution in [-0.2, 0) is 0 Å². The van der Waals surface area contributed by atoms with E-state index in [9.17, 15) is 4.39 Å². The average Bonchev–Trinajstić information content (AvgIpc) is 3.09. The van der Waals surface area contributed by atoms with Gasteiger partial charge in [0.1, 0.15) is 5.82 Å². The zero-order valence-electron chi connectivity index (χ0n) is 10.8. The van der Waals surface area contributed by atoms with Crippen LogP contribution >= 0.6 is 0 Å². The first kappa shape index (κ1) is 11.5. The van der Waals surface area contributed by atoms with E-state index in [1.807, 2.05) is 36.4 Å². The first-order valence-corrected chi connectivity index (χ1v) is 6.76. The predicted molar refractivity (Wildman–Crippen MR) is 77.3 cm³/mol. The summed E-state index contributed by atoms with van der Waals surface area (Å²) in [5, 5.41) is 3.41. The molecule has 1 saturated carbocycles. The van der Waals surface area contributed by atoms with Crippen LogP contribution in [0.1, 0.15) is 17.9 Å². The monoisotopic (exact) mass is 267 g/mol. The molecule has 1 aliphatic rings. The summed E-state index contributed by atoms with van der Waals surface area (Å²) in [6, 6.07) is 15.1. The molecule has 3 nitrogen and oxygen atoms in total. The Kier molecular flexibility index (Phi) is 2.49. The van der Waals surface area contributed by atoms with Crippen molar-refractivity contribution in [3.63, 3.8) is 0 Å². The van der Waals surface area contributed by atoms with Crippen LogP contribution in [-0.4, -0.2) is 16.0 Å². The Balaban J connectivity index is 1.49. The molecule has 0 saturated heterocycles. The van der Waals surface area contributed by atoms with Crippen LogP contribution in [0.15, 0.2) is 48.5 Å². The summed E-state index contributed by atoms with van der Waals surface area (Å²) in [5.74, 6) is 1.07. The van der Waals surface area contributed by atoms with Gasteiger partial charge in [-0.3, -0.25) is 0 Å². The lowest BCUT2D eigenvalue weighted by atomic mass is 10.1. The van der Waals surface area contributed by atoms with Crippen molar-refractivity contribution in [3.8, 4) is 0 Å². The molecule has 0 radical (unpaired) electrons. The number of rotatable bonds is 3. The van der Waals surface area contributed by atoms with E-state index in [1.54, 1.807) is 0 Å². The Bertz CT molecular complexity index is 715. The van der Waals surface area contributed by atoms with Gasteiger partial charge < -0.3 is 10.3 Å². The van der Waals surface area contributed by atoms with Crippen molar-refractivity contribution in [3.05, 3.63) is 59.9 Å². The number of para-hydroxylation sites is 2. The van der Waals surface area contributed by atoms with Crippen molar-refractivity contribution >= 4 is 17.0 Å². The molecule has 1 fully saturated rings. The number of aromatic amines is 1. The number of fused-ring (bicyclic) bond motifs is 1. The van der Waals surface area contributed by atoms with Gasteiger partial charge in [-0.2, -0.15) is 0 Å². The van der Waals surface area contributed by atoms with Crippen LogP contribution in [0.5, 0.6) is 0 Å². The van der Waals surface area contributed by atoms with Gasteiger partial charge in [-0.25, -0.2) is 9.37 Å². The second-order valence-electron chi connectivity index (χ2n) is 5.25. The van der Waals surface area contributed by atoms with E-state index < -0.39 is 0 Å². The third kappa shape index (κ3) is 2.03. The number of imidazole rings is 1. The van der Waals surface area contributed by atoms with E-state index in [0.29, 0.717) is 12.0 Å². The second-order valence-corrected chi connectivity index (χ2v) is 5.25. The van der Waals surface area contributed by atoms with Crippen LogP contribution < -0.4 is 5.32 Å². The normalized spacial score (nSPS) is 21.1. The standard InChI is InChI=1S/C16H14FN3/c17-11-7-5-10(6-8-11)12-9-15(12)20-16-18-13-3-1-2-4-14(13)19-16/h1-8,12,15H,9H2,(H2,18,19,20)/t12-,15+/m0/s1. The van der Waals surface area contributed by atoms with E-state index >= 15 is 0 Å². The van der Waals surface area contributed by atoms with Gasteiger partial charge in [0, 0.05) is 12.0 Å². The van der Waals surface area contributed by atoms with Gasteiger partial charge in [-0.15, -0.1) is 0 Å². The zero-order valence-corrected chi connectivity index (χ0v) is 10.8. The highest BCUT2D eigenvalue weighted by molar-refractivity contribution is 5.77. The lowest BCUT2D eigenvalue weighted by Crippen LogP contribution is -2.05. The number of aromatic nitrogens is 2. The Labute approximate surface area is 115 Å². The number of nitrogens with zero attached hydrogens (tertiary/aromatic N) is 1. The second kappa shape index (κ2) is 4.34. The molecule has 4 rings (SSSR count). The molecule has 1 aromatic heterocycles. The van der Waals surface area contributed by atoms with Crippen molar-refractivity contribution in [2.24, 2.45) is 0 Å². The van der Waals surface area contributed by atoms with Crippen LogP contribution in [0, 0.1) is 5.82 Å². The van der Waals surface area contributed by atoms with Gasteiger partial charge in [0.15, 0.2) is 0 Å². The van der Waals surface area contributed by atoms with E-state index in [0.717, 1.165) is 23.4 Å². The van der Waals surface area contributed by atoms with Gasteiger partial charge in [0.05, 0.1) is 11.0 Å². The minimum atomic E-state index is -0.184. The van der Waals surface area contributed by atoms with Crippen LogP contribution in [0.3, 0.4) is 0 Å². The fourth-order valence-corrected chi connectivity index (χ4v) is 2.63. The summed E-state index contributed by atoms with van der Waals surface area (Å²) in [6.45, 7) is 0. The number of hydrogen-bond donors (Lipinski definition) is 2. The molecule has 2 aromatic carbocycles. The first-order chi connectivity index (χ1) is 9.79. The van der Waals surface area contributed by atoms with E-state index in [2.05, 4.69) is 15.3 Å². The topological polar surface area (TPSA) is 40.7 Å². The smallest absolute Gasteiger partial charge is 0.201 e. The molecule has 100 valence electrons. The third-order valence-electron chi connectivity index (χ3n) is 3.80. The largest absolute Gasteiger partial charge is 0.352 e. The number of hydrogen-bond acceptors (Lipinski definition) is 2. The van der Waals surface area contributed by atoms with Gasteiger partial charge in [0.25, 0.3) is 0 Å². The molecule has 2 N–H and O–H groups in total. The van der Waals surface area contributed by atoms with Gasteiger partial charge in [0.2, 0.25) is 5.95 Å². The quantitative estimate of drug-likeness (QED) is 0.760. The predicted octanol–water partition coefficient (Wildman–Crippen LogP) is 3.67. The minimum absolute atomic E-state index is 0.184. The maximum Gasteiger partial charge on any atom is 0.201 e. The fourth-order valence-electron chi connectivity index (χ4n) is 2.63. The average molecular weight is 267 g/mol. The summed E-state index contributed by atoms with van der Waals surface area (Å²) in [5.41, 5.74) is 3.18. The summed E-state index contributed by atoms with van der Waals surface area (Å²) >= 11 is 0. The molecule has 1 aliphatic carbocycles. The number of H-pyrrole nitrogens is 1. The SMILES string of the molecule is Fc1ccc([C@@H]2C[C@H]2Nc2nc3ccccc3[nH]2)cc1. The van der Waals surface area contributed by atoms with Gasteiger partial charge >= 0.3 is 0 Å². The van der Waals surface area contributed by atoms with Crippen LogP contribution in [0.2, 0.25) is 0 Å². The molecule has 3 aromatic rings. The Morgan fingerprint density at radius 1 is 1.10 bits per heavy atom. The summed E-state index contributed by atoms with van der Waals surface area (Å²) in [6.07, 6.45) is 1.06. The van der Waals surface area contributed by atoms with E-state index in [1.165, 1.54) is 17.7 Å². The van der Waals surface area contributed by atoms with E-state index in [-0.39, 0.29) is 5.82 Å². The van der Waals surface area contributed by atoms with Crippen molar-refractivity contribution in [1.82, 2.24) is 9.97 Å². The lowest BCUT2D eigenvalue weighted by Gasteiger charge is -2.02. The Morgan fingerprint density at radius 3 is 2.70 bits per heavy atom. The highest BCUT2D eigenvalue weighted by Crippen LogP contribution is 2.42. The molecule has 0 spiro atoms. The number of anilines is 1. The highest BCUT2D eigenvalue weighted by Gasteiger charge is 2.38. The molecular formula is C16H14FN3. The molecule has 1 heterocycles. The highest BCUT2D eigenvalue weighted by atomic mass is 19.1. The van der Waals surface area contributed by atoms with Crippen molar-refractivity contribution in [1.29, 1.82) is 0 Å². The molecular weight excluding hydrogens is 253 g/mol. The summed E-state index contributed by atoms with van der Waals surface area (Å²) < 4.78 is 12.9. The maximum atomic E-state index is 12.9. The van der Waals surface area contributed by atoms with Crippen molar-refractivity contribution in [2.75, 3.05) is 5.32 Å². The number of nitrogens with one attached hydrogen (secondary N) is 2. The number of halogens is 1.